The lowest BCUT2D eigenvalue weighted by Crippen LogP contribution is -2.41. The number of hydrogen-bond acceptors (Lipinski definition) is 4. The summed E-state index contributed by atoms with van der Waals surface area (Å²) in [5.74, 6) is -2.15. The van der Waals surface area contributed by atoms with Crippen LogP contribution in [0.1, 0.15) is 18.9 Å². The summed E-state index contributed by atoms with van der Waals surface area (Å²) < 4.78 is 51.7. The molecule has 6 nitrogen and oxygen atoms in total. The van der Waals surface area contributed by atoms with E-state index in [1.165, 1.54) is 25.1 Å². The van der Waals surface area contributed by atoms with Gasteiger partial charge in [-0.15, -0.1) is 0 Å². The highest BCUT2D eigenvalue weighted by Crippen LogP contribution is 2.30. The number of halogens is 2. The average Bonchev–Trinajstić information content (AvgIpc) is 2.86. The van der Waals surface area contributed by atoms with Crippen molar-refractivity contribution in [3.8, 4) is 0 Å². The van der Waals surface area contributed by atoms with Crippen molar-refractivity contribution in [3.05, 3.63) is 65.7 Å². The molecule has 1 N–H and O–H groups in total. The zero-order valence-electron chi connectivity index (χ0n) is 15.0. The molecule has 0 radical (unpaired) electrons. The molecule has 9 heteroatoms. The van der Waals surface area contributed by atoms with Crippen molar-refractivity contribution < 1.29 is 26.8 Å². The number of nitrogens with one attached hydrogen (secondary N) is 1. The van der Waals surface area contributed by atoms with Gasteiger partial charge in [0.15, 0.2) is 9.84 Å². The van der Waals surface area contributed by atoms with Gasteiger partial charge in [0.25, 0.3) is 5.91 Å². The van der Waals surface area contributed by atoms with Crippen LogP contribution in [0.5, 0.6) is 0 Å². The first kappa shape index (κ1) is 19.9. The molecule has 1 atom stereocenters. The van der Waals surface area contributed by atoms with Crippen molar-refractivity contribution >= 4 is 21.8 Å². The maximum Gasteiger partial charge on any atom is 0.325 e. The Morgan fingerprint density at radius 3 is 2.32 bits per heavy atom. The van der Waals surface area contributed by atoms with Crippen LogP contribution in [0, 0.1) is 11.6 Å². The van der Waals surface area contributed by atoms with Crippen LogP contribution in [0.4, 0.5) is 13.6 Å². The Kier molecular flexibility index (Phi) is 5.20. The highest BCUT2D eigenvalue weighted by atomic mass is 32.2. The molecule has 0 bridgehead atoms. The summed E-state index contributed by atoms with van der Waals surface area (Å²) in [6, 6.07) is 9.33. The van der Waals surface area contributed by atoms with E-state index < -0.39 is 38.9 Å². The quantitative estimate of drug-likeness (QED) is 0.588. The van der Waals surface area contributed by atoms with Gasteiger partial charge in [0.05, 0.1) is 10.6 Å². The second-order valence-corrected chi connectivity index (χ2v) is 8.73. The van der Waals surface area contributed by atoms with Crippen molar-refractivity contribution in [2.24, 2.45) is 0 Å². The van der Waals surface area contributed by atoms with E-state index in [1.807, 2.05) is 0 Å². The predicted octanol–water partition coefficient (Wildman–Crippen LogP) is 2.60. The summed E-state index contributed by atoms with van der Waals surface area (Å²) in [5.41, 5.74) is -1.52. The molecule has 2 aromatic carbocycles. The fourth-order valence-electron chi connectivity index (χ4n) is 3.12. The van der Waals surface area contributed by atoms with E-state index in [1.54, 1.807) is 6.07 Å². The van der Waals surface area contributed by atoms with Gasteiger partial charge in [0, 0.05) is 12.1 Å². The van der Waals surface area contributed by atoms with Gasteiger partial charge in [0.1, 0.15) is 17.2 Å². The van der Waals surface area contributed by atoms with Crippen molar-refractivity contribution in [3.63, 3.8) is 0 Å². The molecule has 2 aromatic rings. The fraction of sp³-hybridized carbons (Fsp3) is 0.263. The van der Waals surface area contributed by atoms with Gasteiger partial charge in [-0.2, -0.15) is 0 Å². The molecule has 3 amide bonds. The van der Waals surface area contributed by atoms with Gasteiger partial charge in [0.2, 0.25) is 0 Å². The summed E-state index contributed by atoms with van der Waals surface area (Å²) >= 11 is 0. The van der Waals surface area contributed by atoms with Crippen molar-refractivity contribution in [2.45, 2.75) is 23.8 Å². The van der Waals surface area contributed by atoms with E-state index in [-0.39, 0.29) is 29.2 Å². The Balaban J connectivity index is 1.70. The molecular weight excluding hydrogens is 390 g/mol. The molecule has 0 spiro atoms. The number of nitrogens with zero attached hydrogens (tertiary/aromatic N) is 1. The van der Waals surface area contributed by atoms with Crippen LogP contribution < -0.4 is 5.32 Å². The van der Waals surface area contributed by atoms with Crippen molar-refractivity contribution in [1.82, 2.24) is 10.2 Å². The van der Waals surface area contributed by atoms with Gasteiger partial charge >= 0.3 is 6.03 Å². The topological polar surface area (TPSA) is 83.6 Å². The normalized spacial score (nSPS) is 19.8. The largest absolute Gasteiger partial charge is 0.325 e. The van der Waals surface area contributed by atoms with Gasteiger partial charge in [-0.3, -0.25) is 9.69 Å². The summed E-state index contributed by atoms with van der Waals surface area (Å²) in [6.45, 7) is 1.26. The predicted molar refractivity (Wildman–Crippen MR) is 97.1 cm³/mol. The molecule has 1 aliphatic rings. The second kappa shape index (κ2) is 7.31. The smallest absolute Gasteiger partial charge is 0.319 e. The Hall–Kier alpha value is -2.81. The summed E-state index contributed by atoms with van der Waals surface area (Å²) in [6.07, 6.45) is -0.00772. The Labute approximate surface area is 161 Å². The fourth-order valence-corrected chi connectivity index (χ4v) is 4.42. The molecule has 148 valence electrons. The van der Waals surface area contributed by atoms with Crippen LogP contribution in [-0.4, -0.2) is 37.6 Å². The van der Waals surface area contributed by atoms with Crippen LogP contribution in [0.2, 0.25) is 0 Å². The number of imide groups is 1. The molecule has 3 rings (SSSR count). The number of hydrogen-bond donors (Lipinski definition) is 1. The monoisotopic (exact) mass is 408 g/mol. The molecular formula is C19H18F2N2O4S. The molecule has 0 aromatic heterocycles. The molecule has 1 fully saturated rings. The van der Waals surface area contributed by atoms with E-state index in [0.29, 0.717) is 0 Å². The molecule has 0 aliphatic carbocycles. The van der Waals surface area contributed by atoms with E-state index >= 15 is 0 Å². The maximum atomic E-state index is 14.1. The molecule has 1 unspecified atom stereocenters. The lowest BCUT2D eigenvalue weighted by Gasteiger charge is -2.22. The third-order valence-corrected chi connectivity index (χ3v) is 6.47. The van der Waals surface area contributed by atoms with Gasteiger partial charge in [-0.1, -0.05) is 18.2 Å². The Morgan fingerprint density at radius 1 is 1.04 bits per heavy atom. The number of urea groups is 1. The number of carbonyl (C=O) groups is 2. The maximum absolute atomic E-state index is 14.1. The van der Waals surface area contributed by atoms with E-state index in [9.17, 15) is 26.8 Å². The first-order valence-electron chi connectivity index (χ1n) is 8.52. The second-order valence-electron chi connectivity index (χ2n) is 6.62. The third-order valence-electron chi connectivity index (χ3n) is 4.66. The van der Waals surface area contributed by atoms with Crippen LogP contribution in [-0.2, 0) is 20.2 Å². The zero-order valence-corrected chi connectivity index (χ0v) is 15.8. The van der Waals surface area contributed by atoms with Crippen LogP contribution in [0.15, 0.2) is 53.4 Å². The van der Waals surface area contributed by atoms with Gasteiger partial charge < -0.3 is 5.32 Å². The van der Waals surface area contributed by atoms with Crippen molar-refractivity contribution in [2.75, 3.05) is 12.3 Å². The van der Waals surface area contributed by atoms with Crippen molar-refractivity contribution in [1.29, 1.82) is 0 Å². The third kappa shape index (κ3) is 3.62. The van der Waals surface area contributed by atoms with Crippen LogP contribution >= 0.6 is 0 Å². The lowest BCUT2D eigenvalue weighted by molar-refractivity contribution is -0.131. The summed E-state index contributed by atoms with van der Waals surface area (Å²) in [4.78, 5) is 25.8. The minimum absolute atomic E-state index is 0.00772. The lowest BCUT2D eigenvalue weighted by atomic mass is 9.91. The Morgan fingerprint density at radius 2 is 1.68 bits per heavy atom. The summed E-state index contributed by atoms with van der Waals surface area (Å²) in [5, 5.41) is 2.48. The molecule has 1 saturated heterocycles. The zero-order chi connectivity index (χ0) is 20.5. The first-order chi connectivity index (χ1) is 13.1. The first-order valence-corrected chi connectivity index (χ1v) is 10.2. The molecule has 0 saturated carbocycles. The van der Waals surface area contributed by atoms with E-state index in [4.69, 9.17) is 0 Å². The Bertz CT molecular complexity index is 1020. The number of sulfone groups is 1. The average molecular weight is 408 g/mol. The van der Waals surface area contributed by atoms with E-state index in [0.717, 1.165) is 29.2 Å². The van der Waals surface area contributed by atoms with Crippen LogP contribution in [0.3, 0.4) is 0 Å². The van der Waals surface area contributed by atoms with Gasteiger partial charge in [-0.05, 0) is 43.7 Å². The molecule has 28 heavy (non-hydrogen) atoms. The van der Waals surface area contributed by atoms with Crippen LogP contribution in [0.25, 0.3) is 0 Å². The highest BCUT2D eigenvalue weighted by Gasteiger charge is 2.49. The van der Waals surface area contributed by atoms with Gasteiger partial charge in [-0.25, -0.2) is 22.0 Å². The SMILES string of the molecule is CC1(c2ccccc2F)NC(=O)N(CCCS(=O)(=O)c2ccc(F)cc2)C1=O. The minimum Gasteiger partial charge on any atom is -0.319 e. The standard InChI is InChI=1S/C19H18F2N2O4S/c1-19(15-5-2-3-6-16(15)21)17(24)23(18(25)22-19)11-4-12-28(26,27)14-9-7-13(20)8-10-14/h2-3,5-10H,4,11-12H2,1H3,(H,22,25). The number of benzene rings is 2. The van der Waals surface area contributed by atoms with E-state index in [2.05, 4.69) is 5.32 Å². The minimum atomic E-state index is -3.69. The number of rotatable bonds is 6. The summed E-state index contributed by atoms with van der Waals surface area (Å²) in [7, 11) is -3.69. The molecule has 1 aliphatic heterocycles. The number of carbonyl (C=O) groups excluding carboxylic acids is 2. The highest BCUT2D eigenvalue weighted by molar-refractivity contribution is 7.91. The molecule has 1 heterocycles. The number of amides is 3.